The summed E-state index contributed by atoms with van der Waals surface area (Å²) in [5.41, 5.74) is 4.48. The molecule has 0 radical (unpaired) electrons. The molecule has 0 unspecified atom stereocenters. The van der Waals surface area contributed by atoms with Gasteiger partial charge in [-0.3, -0.25) is 19.8 Å². The van der Waals surface area contributed by atoms with Gasteiger partial charge in [0.25, 0.3) is 0 Å². The number of nitro groups is 1. The van der Waals surface area contributed by atoms with Crippen molar-refractivity contribution in [2.75, 3.05) is 62.6 Å². The third-order valence-corrected chi connectivity index (χ3v) is 8.03. The predicted octanol–water partition coefficient (Wildman–Crippen LogP) is 5.28. The Kier molecular flexibility index (Phi) is 9.36. The second kappa shape index (κ2) is 13.5. The van der Waals surface area contributed by atoms with Crippen LogP contribution in [0.1, 0.15) is 26.2 Å². The number of likely N-dealkylation sites (tertiary alicyclic amines) is 1. The maximum absolute atomic E-state index is 12.9. The summed E-state index contributed by atoms with van der Waals surface area (Å²) in [5.74, 6) is 0.494. The van der Waals surface area contributed by atoms with Crippen molar-refractivity contribution in [1.29, 1.82) is 0 Å². The maximum atomic E-state index is 12.9. The van der Waals surface area contributed by atoms with E-state index in [4.69, 9.17) is 4.74 Å². The summed E-state index contributed by atoms with van der Waals surface area (Å²) >= 11 is 0. The average Bonchev–Trinajstić information content (AvgIpc) is 3.01. The Morgan fingerprint density at radius 3 is 2.27 bits per heavy atom. The maximum Gasteiger partial charge on any atom is 0.311 e. The first-order valence-corrected chi connectivity index (χ1v) is 14.6. The fourth-order valence-corrected chi connectivity index (χ4v) is 5.67. The summed E-state index contributed by atoms with van der Waals surface area (Å²) in [6, 6.07) is 24.3. The number of nitro benzene ring substituents is 1. The van der Waals surface area contributed by atoms with E-state index in [1.807, 2.05) is 17.9 Å². The molecule has 9 heteroatoms. The molecule has 0 spiro atoms. The summed E-state index contributed by atoms with van der Waals surface area (Å²) < 4.78 is 5.46. The SMILES string of the molecule is CCOc1cc(NC2CCN(C(=O)CCN3CCN(c4ccc(-c5ccccc5)cc4)CC3)CC2)ccc1[N+](=O)[O-]. The fraction of sp³-hybridized carbons (Fsp3) is 0.406. The number of nitrogens with one attached hydrogen (secondary N) is 1. The number of hydrogen-bond donors (Lipinski definition) is 1. The fourth-order valence-electron chi connectivity index (χ4n) is 5.67. The van der Waals surface area contributed by atoms with Crippen LogP contribution in [0.15, 0.2) is 72.8 Å². The Balaban J connectivity index is 1.02. The van der Waals surface area contributed by atoms with Crippen molar-refractivity contribution in [2.45, 2.75) is 32.2 Å². The average molecular weight is 558 g/mol. The number of benzene rings is 3. The van der Waals surface area contributed by atoms with Gasteiger partial charge in [0.05, 0.1) is 11.5 Å². The molecule has 2 heterocycles. The molecule has 2 saturated heterocycles. The monoisotopic (exact) mass is 557 g/mol. The lowest BCUT2D eigenvalue weighted by Crippen LogP contribution is -2.48. The zero-order valence-corrected chi connectivity index (χ0v) is 23.7. The van der Waals surface area contributed by atoms with Crippen molar-refractivity contribution in [2.24, 2.45) is 0 Å². The van der Waals surface area contributed by atoms with E-state index >= 15 is 0 Å². The Hall–Kier alpha value is -4.11. The number of hydrogen-bond acceptors (Lipinski definition) is 7. The minimum absolute atomic E-state index is 0.0308. The summed E-state index contributed by atoms with van der Waals surface area (Å²) in [4.78, 5) is 30.6. The Morgan fingerprint density at radius 2 is 1.61 bits per heavy atom. The highest BCUT2D eigenvalue weighted by atomic mass is 16.6. The molecule has 0 bridgehead atoms. The van der Waals surface area contributed by atoms with Gasteiger partial charge in [-0.15, -0.1) is 0 Å². The van der Waals surface area contributed by atoms with E-state index in [9.17, 15) is 14.9 Å². The van der Waals surface area contributed by atoms with E-state index < -0.39 is 4.92 Å². The van der Waals surface area contributed by atoms with Gasteiger partial charge >= 0.3 is 5.69 Å². The van der Waals surface area contributed by atoms with Gasteiger partial charge in [-0.2, -0.15) is 0 Å². The molecule has 9 nitrogen and oxygen atoms in total. The first-order chi connectivity index (χ1) is 20.0. The van der Waals surface area contributed by atoms with Gasteiger partial charge in [0, 0.05) is 81.8 Å². The Labute approximate surface area is 241 Å². The first kappa shape index (κ1) is 28.4. The standard InChI is InChI=1S/C32H39N5O4/c1-2-41-31-24-28(10-13-30(31)37(39)40)33-27-14-18-36(19-15-27)32(38)16-17-34-20-22-35(23-21-34)29-11-8-26(9-12-29)25-6-4-3-5-7-25/h3-13,24,27,33H,2,14-23H2,1H3. The van der Waals surface area contributed by atoms with Gasteiger partial charge in [0.15, 0.2) is 5.75 Å². The normalized spacial score (nSPS) is 16.4. The molecular formula is C32H39N5O4. The summed E-state index contributed by atoms with van der Waals surface area (Å²) in [6.45, 7) is 8.24. The molecule has 3 aromatic rings. The summed E-state index contributed by atoms with van der Waals surface area (Å²) in [7, 11) is 0. The molecule has 0 aliphatic carbocycles. The topological polar surface area (TPSA) is 91.2 Å². The van der Waals surface area contributed by atoms with E-state index in [1.165, 1.54) is 22.9 Å². The van der Waals surface area contributed by atoms with Gasteiger partial charge in [0.1, 0.15) is 0 Å². The van der Waals surface area contributed by atoms with E-state index in [1.54, 1.807) is 12.1 Å². The Bertz CT molecular complexity index is 1300. The van der Waals surface area contributed by atoms with Crippen molar-refractivity contribution in [3.05, 3.63) is 82.9 Å². The van der Waals surface area contributed by atoms with Crippen molar-refractivity contribution >= 4 is 23.0 Å². The number of ether oxygens (including phenoxy) is 1. The van der Waals surface area contributed by atoms with Crippen LogP contribution in [-0.4, -0.2) is 79.1 Å². The van der Waals surface area contributed by atoms with Crippen LogP contribution in [0.25, 0.3) is 11.1 Å². The highest BCUT2D eigenvalue weighted by molar-refractivity contribution is 5.76. The van der Waals surface area contributed by atoms with Gasteiger partial charge in [-0.25, -0.2) is 0 Å². The minimum Gasteiger partial charge on any atom is -0.487 e. The lowest BCUT2D eigenvalue weighted by molar-refractivity contribution is -0.385. The molecule has 41 heavy (non-hydrogen) atoms. The number of amides is 1. The van der Waals surface area contributed by atoms with Gasteiger partial charge in [0.2, 0.25) is 5.91 Å². The quantitative estimate of drug-likeness (QED) is 0.268. The largest absolute Gasteiger partial charge is 0.487 e. The van der Waals surface area contributed by atoms with Crippen molar-refractivity contribution in [1.82, 2.24) is 9.80 Å². The van der Waals surface area contributed by atoms with Gasteiger partial charge < -0.3 is 19.9 Å². The molecule has 3 aromatic carbocycles. The minimum atomic E-state index is -0.427. The predicted molar refractivity (Wildman–Crippen MR) is 163 cm³/mol. The van der Waals surface area contributed by atoms with Crippen LogP contribution in [0.5, 0.6) is 5.75 Å². The van der Waals surface area contributed by atoms with Crippen LogP contribution in [0.3, 0.4) is 0 Å². The summed E-state index contributed by atoms with van der Waals surface area (Å²) in [5, 5.41) is 14.7. The molecule has 0 atom stereocenters. The van der Waals surface area contributed by atoms with Crippen molar-refractivity contribution in [3.8, 4) is 16.9 Å². The third kappa shape index (κ3) is 7.35. The smallest absolute Gasteiger partial charge is 0.311 e. The van der Waals surface area contributed by atoms with E-state index in [0.29, 0.717) is 26.1 Å². The molecule has 0 saturated carbocycles. The van der Waals surface area contributed by atoms with E-state index in [2.05, 4.69) is 63.6 Å². The van der Waals surface area contributed by atoms with Crippen LogP contribution in [-0.2, 0) is 4.79 Å². The molecule has 1 N–H and O–H groups in total. The van der Waals surface area contributed by atoms with Gasteiger partial charge in [-0.05, 0) is 49.1 Å². The van der Waals surface area contributed by atoms with Crippen LogP contribution in [0.2, 0.25) is 0 Å². The molecular weight excluding hydrogens is 518 g/mol. The first-order valence-electron chi connectivity index (χ1n) is 14.6. The lowest BCUT2D eigenvalue weighted by atomic mass is 10.0. The number of carbonyl (C=O) groups excluding carboxylic acids is 1. The Morgan fingerprint density at radius 1 is 0.927 bits per heavy atom. The lowest BCUT2D eigenvalue weighted by Gasteiger charge is -2.37. The molecule has 1 amide bonds. The summed E-state index contributed by atoms with van der Waals surface area (Å²) in [6.07, 6.45) is 2.23. The number of carbonyl (C=O) groups is 1. The number of piperazine rings is 1. The number of nitrogens with zero attached hydrogens (tertiary/aromatic N) is 4. The highest BCUT2D eigenvalue weighted by Gasteiger charge is 2.25. The third-order valence-electron chi connectivity index (χ3n) is 8.03. The molecule has 2 fully saturated rings. The second-order valence-electron chi connectivity index (χ2n) is 10.7. The number of rotatable bonds is 10. The second-order valence-corrected chi connectivity index (χ2v) is 10.7. The van der Waals surface area contributed by atoms with Crippen molar-refractivity contribution < 1.29 is 14.5 Å². The molecule has 2 aliphatic heterocycles. The number of piperidine rings is 1. The zero-order chi connectivity index (χ0) is 28.6. The van der Waals surface area contributed by atoms with Crippen LogP contribution < -0.4 is 15.0 Å². The van der Waals surface area contributed by atoms with E-state index in [0.717, 1.165) is 51.3 Å². The van der Waals surface area contributed by atoms with E-state index in [-0.39, 0.29) is 23.4 Å². The van der Waals surface area contributed by atoms with Crippen LogP contribution in [0, 0.1) is 10.1 Å². The molecule has 2 aliphatic rings. The van der Waals surface area contributed by atoms with Crippen LogP contribution >= 0.6 is 0 Å². The molecule has 216 valence electrons. The van der Waals surface area contributed by atoms with Crippen molar-refractivity contribution in [3.63, 3.8) is 0 Å². The molecule has 0 aromatic heterocycles. The zero-order valence-electron chi connectivity index (χ0n) is 23.7. The molecule has 5 rings (SSSR count). The van der Waals surface area contributed by atoms with Gasteiger partial charge in [-0.1, -0.05) is 42.5 Å². The highest BCUT2D eigenvalue weighted by Crippen LogP contribution is 2.31. The van der Waals surface area contributed by atoms with Crippen LogP contribution in [0.4, 0.5) is 17.1 Å². The number of anilines is 2.